The van der Waals surface area contributed by atoms with Gasteiger partial charge in [0.2, 0.25) is 0 Å². The van der Waals surface area contributed by atoms with Gasteiger partial charge in [0, 0.05) is 68.5 Å². The highest BCUT2D eigenvalue weighted by atomic mass is 15.3. The lowest BCUT2D eigenvalue weighted by Gasteiger charge is -2.13. The predicted molar refractivity (Wildman–Crippen MR) is 278 cm³/mol. The Bertz CT molecular complexity index is 2990. The normalized spacial score (nSPS) is 13.3. The van der Waals surface area contributed by atoms with Gasteiger partial charge >= 0.3 is 0 Å². The Hall–Kier alpha value is -8.67. The second-order valence-electron chi connectivity index (χ2n) is 15.9. The van der Waals surface area contributed by atoms with Crippen molar-refractivity contribution in [3.05, 3.63) is 268 Å². The Kier molecular flexibility index (Phi) is 15.2. The van der Waals surface area contributed by atoms with E-state index in [0.29, 0.717) is 0 Å². The lowest BCUT2D eigenvalue weighted by Crippen LogP contribution is -2.13. The summed E-state index contributed by atoms with van der Waals surface area (Å²) in [6.07, 6.45) is 11.7. The lowest BCUT2D eigenvalue weighted by atomic mass is 10.0. The van der Waals surface area contributed by atoms with Crippen molar-refractivity contribution < 1.29 is 0 Å². The maximum Gasteiger partial charge on any atom is 0.0906 e. The molecule has 66 heavy (non-hydrogen) atoms. The zero-order valence-electron chi connectivity index (χ0n) is 37.9. The molecular formula is C58H54N8. The van der Waals surface area contributed by atoms with E-state index in [4.69, 9.17) is 0 Å². The number of benzene rings is 6. The largest absolute Gasteiger partial charge is 0.381 e. The molecule has 6 aromatic carbocycles. The van der Waals surface area contributed by atoms with Crippen LogP contribution in [0, 0.1) is 39.5 Å². The number of rotatable bonds is 8. The van der Waals surface area contributed by atoms with E-state index in [0.717, 1.165) is 91.2 Å². The van der Waals surface area contributed by atoms with Crippen LogP contribution in [0.4, 0.5) is 17.1 Å². The van der Waals surface area contributed by atoms with Crippen LogP contribution in [0.3, 0.4) is 0 Å². The molecule has 0 bridgehead atoms. The molecule has 0 radical (unpaired) electrons. The third kappa shape index (κ3) is 12.9. The predicted octanol–water partition coefficient (Wildman–Crippen LogP) is 12.2. The molecule has 3 aliphatic heterocycles. The first-order chi connectivity index (χ1) is 32.1. The van der Waals surface area contributed by atoms with Gasteiger partial charge in [-0.15, -0.1) is 0 Å². The average molecular weight is 863 g/mol. The minimum absolute atomic E-state index is 0.797. The van der Waals surface area contributed by atoms with Gasteiger partial charge < -0.3 is 10.6 Å². The molecule has 8 heteroatoms. The summed E-state index contributed by atoms with van der Waals surface area (Å²) in [7, 11) is 0. The Morgan fingerprint density at radius 3 is 1.41 bits per heavy atom. The molecule has 0 fully saturated rings. The number of nitrogens with zero attached hydrogens (tertiary/aromatic N) is 3. The van der Waals surface area contributed by atoms with Gasteiger partial charge in [0.05, 0.1) is 17.1 Å². The maximum absolute atomic E-state index is 4.30. The minimum atomic E-state index is 0.797. The van der Waals surface area contributed by atoms with Crippen LogP contribution in [0.15, 0.2) is 228 Å². The number of aryl methyl sites for hydroxylation is 4. The highest BCUT2D eigenvalue weighted by Crippen LogP contribution is 2.23. The first-order valence-corrected chi connectivity index (χ1v) is 21.7. The quantitative estimate of drug-likeness (QED) is 0.0982. The Morgan fingerprint density at radius 1 is 0.470 bits per heavy atom. The van der Waals surface area contributed by atoms with Crippen molar-refractivity contribution in [2.45, 2.75) is 34.2 Å². The first-order valence-electron chi connectivity index (χ1n) is 21.7. The van der Waals surface area contributed by atoms with Crippen molar-refractivity contribution in [2.75, 3.05) is 10.6 Å². The molecule has 0 saturated carbocycles. The van der Waals surface area contributed by atoms with E-state index >= 15 is 0 Å². The average Bonchev–Trinajstić information content (AvgIpc) is 3.34. The number of anilines is 3. The zero-order valence-corrected chi connectivity index (χ0v) is 37.9. The third-order valence-corrected chi connectivity index (χ3v) is 10.6. The number of allylic oxidation sites excluding steroid dienone is 6. The molecule has 0 saturated heterocycles. The van der Waals surface area contributed by atoms with Gasteiger partial charge in [0.25, 0.3) is 0 Å². The van der Waals surface area contributed by atoms with Crippen LogP contribution in [-0.2, 0) is 6.54 Å². The lowest BCUT2D eigenvalue weighted by molar-refractivity contribution is 0.914. The van der Waals surface area contributed by atoms with Gasteiger partial charge in [-0.3, -0.25) is 16.3 Å². The molecule has 0 unspecified atom stereocenters. The monoisotopic (exact) mass is 862 g/mol. The van der Waals surface area contributed by atoms with Crippen LogP contribution in [0.1, 0.15) is 55.6 Å². The second kappa shape index (κ2) is 22.1. The van der Waals surface area contributed by atoms with Crippen LogP contribution in [0.25, 0.3) is 0 Å². The fourth-order valence-corrected chi connectivity index (χ4v) is 6.83. The molecule has 9 rings (SSSR count). The van der Waals surface area contributed by atoms with Crippen molar-refractivity contribution in [3.63, 3.8) is 0 Å². The smallest absolute Gasteiger partial charge is 0.0906 e. The van der Waals surface area contributed by atoms with Gasteiger partial charge in [-0.25, -0.2) is 0 Å². The third-order valence-electron chi connectivity index (χ3n) is 10.6. The fourth-order valence-electron chi connectivity index (χ4n) is 6.83. The summed E-state index contributed by atoms with van der Waals surface area (Å²) in [6.45, 7) is 20.6. The molecule has 0 aromatic heterocycles. The Morgan fingerprint density at radius 2 is 0.939 bits per heavy atom. The van der Waals surface area contributed by atoms with Gasteiger partial charge in [0.1, 0.15) is 0 Å². The molecule has 0 spiro atoms. The molecule has 0 atom stereocenters. The van der Waals surface area contributed by atoms with E-state index < -0.39 is 0 Å². The first kappa shape index (κ1) is 45.4. The van der Waals surface area contributed by atoms with Crippen LogP contribution in [0.2, 0.25) is 0 Å². The summed E-state index contributed by atoms with van der Waals surface area (Å²) >= 11 is 0. The number of para-hydroxylation sites is 1. The molecular weight excluding hydrogens is 809 g/mol. The van der Waals surface area contributed by atoms with Crippen molar-refractivity contribution in [1.29, 1.82) is 0 Å². The SMILES string of the molecule is C=C1C=CC(c2ccc(C#Cc3ccc(C)cc3)c(C)c2)=NN1.C=C1C=CC(c2ccc(NCc3ccccc3)c(C)c2)=NN1.C=C1C=CC(c2ccc(Nc3ccccc3)c(C)c2)=NN1. The van der Waals surface area contributed by atoms with Crippen LogP contribution in [-0.4, -0.2) is 17.1 Å². The summed E-state index contributed by atoms with van der Waals surface area (Å²) in [6, 6.07) is 47.6. The minimum Gasteiger partial charge on any atom is -0.381 e. The number of hydrazone groups is 3. The van der Waals surface area contributed by atoms with Crippen molar-refractivity contribution >= 4 is 34.2 Å². The van der Waals surface area contributed by atoms with Gasteiger partial charge in [-0.2, -0.15) is 15.3 Å². The van der Waals surface area contributed by atoms with Crippen molar-refractivity contribution in [1.82, 2.24) is 16.3 Å². The molecule has 5 N–H and O–H groups in total. The number of hydrogen-bond donors (Lipinski definition) is 5. The van der Waals surface area contributed by atoms with Gasteiger partial charge in [0.15, 0.2) is 0 Å². The summed E-state index contributed by atoms with van der Waals surface area (Å²) in [5.74, 6) is 6.46. The molecule has 0 amide bonds. The Labute approximate surface area is 389 Å². The summed E-state index contributed by atoms with van der Waals surface area (Å²) < 4.78 is 0. The van der Waals surface area contributed by atoms with E-state index in [1.165, 1.54) is 22.3 Å². The zero-order chi connectivity index (χ0) is 46.3. The van der Waals surface area contributed by atoms with Crippen molar-refractivity contribution in [3.8, 4) is 11.8 Å². The van der Waals surface area contributed by atoms with Gasteiger partial charge in [-0.05, 0) is 147 Å². The van der Waals surface area contributed by atoms with Gasteiger partial charge in [-0.1, -0.05) is 116 Å². The second-order valence-corrected chi connectivity index (χ2v) is 15.9. The summed E-state index contributed by atoms with van der Waals surface area (Å²) in [5.41, 5.74) is 28.5. The topological polar surface area (TPSA) is 97.2 Å². The fraction of sp³-hybridized carbons (Fsp3) is 0.0862. The highest BCUT2D eigenvalue weighted by molar-refractivity contribution is 6.10. The highest BCUT2D eigenvalue weighted by Gasteiger charge is 2.10. The standard InChI is InChI=1S/C21H18N2.C19H19N3.C18H17N3/c1-15-4-7-18(8-5-15)9-10-19-11-12-20(14-16(19)2)21-13-6-17(3)22-23-21;1-14-12-17(19-10-8-15(2)21-22-19)9-11-18(14)20-13-16-6-4-3-5-7-16;1-13-12-15(18-10-8-14(2)20-21-18)9-11-17(13)19-16-6-4-3-5-7-16/h4-8,11-14,22H,3H2,1-2H3;3-12,20-21H,2,13H2,1H3;3-12,19-20H,2H2,1H3. The molecule has 0 aliphatic carbocycles. The molecule has 8 nitrogen and oxygen atoms in total. The summed E-state index contributed by atoms with van der Waals surface area (Å²) in [5, 5.41) is 19.8. The maximum atomic E-state index is 4.30. The van der Waals surface area contributed by atoms with E-state index in [9.17, 15) is 0 Å². The summed E-state index contributed by atoms with van der Waals surface area (Å²) in [4.78, 5) is 0. The van der Waals surface area contributed by atoms with Crippen LogP contribution in [0.5, 0.6) is 0 Å². The molecule has 3 aliphatic rings. The van der Waals surface area contributed by atoms with Crippen LogP contribution < -0.4 is 26.9 Å². The van der Waals surface area contributed by atoms with E-state index in [-0.39, 0.29) is 0 Å². The van der Waals surface area contributed by atoms with Crippen LogP contribution >= 0.6 is 0 Å². The number of hydrogen-bond acceptors (Lipinski definition) is 8. The molecule has 6 aromatic rings. The van der Waals surface area contributed by atoms with E-state index in [2.05, 4.69) is 192 Å². The number of nitrogens with one attached hydrogen (secondary N) is 5. The Balaban J connectivity index is 0.000000147. The molecule has 3 heterocycles. The van der Waals surface area contributed by atoms with Crippen molar-refractivity contribution in [2.24, 2.45) is 15.3 Å². The molecule has 326 valence electrons. The van der Waals surface area contributed by atoms with E-state index in [1.54, 1.807) is 0 Å². The van der Waals surface area contributed by atoms with E-state index in [1.807, 2.05) is 85.0 Å².